The summed E-state index contributed by atoms with van der Waals surface area (Å²) in [6.07, 6.45) is 1.30. The summed E-state index contributed by atoms with van der Waals surface area (Å²) in [7, 11) is 0. The fraction of sp³-hybridized carbons (Fsp3) is 0.400. The molecule has 3 aliphatic heterocycles. The van der Waals surface area contributed by atoms with E-state index in [0.29, 0.717) is 17.3 Å². The zero-order valence-electron chi connectivity index (χ0n) is 15.0. The number of fused-ring (bicyclic) bond motifs is 1. The van der Waals surface area contributed by atoms with Gasteiger partial charge in [0, 0.05) is 49.9 Å². The van der Waals surface area contributed by atoms with Crippen LogP contribution in [0.3, 0.4) is 0 Å². The molecule has 1 saturated carbocycles. The van der Waals surface area contributed by atoms with E-state index in [1.165, 1.54) is 22.9 Å². The molecule has 28 heavy (non-hydrogen) atoms. The molecule has 3 fully saturated rings. The molecule has 1 spiro atoms. The summed E-state index contributed by atoms with van der Waals surface area (Å²) in [6, 6.07) is 9.63. The van der Waals surface area contributed by atoms with Gasteiger partial charge in [0.25, 0.3) is 0 Å². The molecule has 1 N–H and O–H groups in total. The third kappa shape index (κ3) is 2.28. The summed E-state index contributed by atoms with van der Waals surface area (Å²) in [4.78, 5) is 2.54. The van der Waals surface area contributed by atoms with Crippen molar-refractivity contribution < 1.29 is 13.2 Å². The number of nitrogens with zero attached hydrogens (tertiary/aromatic N) is 3. The van der Waals surface area contributed by atoms with Gasteiger partial charge in [-0.2, -0.15) is 0 Å². The van der Waals surface area contributed by atoms with Crippen molar-refractivity contribution >= 4 is 29.2 Å². The van der Waals surface area contributed by atoms with Crippen molar-refractivity contribution in [2.24, 2.45) is 5.92 Å². The third-order valence-corrected chi connectivity index (χ3v) is 7.71. The molecule has 0 bridgehead atoms. The predicted molar refractivity (Wildman–Crippen MR) is 104 cm³/mol. The van der Waals surface area contributed by atoms with E-state index in [9.17, 15) is 13.2 Å². The van der Waals surface area contributed by atoms with Crippen LogP contribution in [-0.2, 0) is 0 Å². The van der Waals surface area contributed by atoms with Crippen LogP contribution in [0.1, 0.15) is 6.42 Å². The summed E-state index contributed by atoms with van der Waals surface area (Å²) in [5.41, 5.74) is 1.79. The van der Waals surface area contributed by atoms with Gasteiger partial charge in [0.2, 0.25) is 0 Å². The van der Waals surface area contributed by atoms with E-state index in [4.69, 9.17) is 0 Å². The molecule has 4 aliphatic rings. The number of piperidine rings is 1. The normalized spacial score (nSPS) is 30.1. The number of para-hydroxylation sites is 2. The van der Waals surface area contributed by atoms with Crippen molar-refractivity contribution in [1.82, 2.24) is 10.2 Å². The highest BCUT2D eigenvalue weighted by molar-refractivity contribution is 8.02. The first-order chi connectivity index (χ1) is 13.6. The van der Waals surface area contributed by atoms with Gasteiger partial charge in [0.05, 0.1) is 23.5 Å². The summed E-state index contributed by atoms with van der Waals surface area (Å²) in [5.74, 6) is -1.93. The summed E-state index contributed by atoms with van der Waals surface area (Å²) < 4.78 is 45.7. The molecule has 146 valence electrons. The zero-order valence-corrected chi connectivity index (χ0v) is 15.9. The van der Waals surface area contributed by atoms with Crippen LogP contribution >= 0.6 is 12.1 Å². The second kappa shape index (κ2) is 5.81. The lowest BCUT2D eigenvalue weighted by Crippen LogP contribution is -2.64. The Balaban J connectivity index is 1.25. The molecule has 2 aromatic rings. The van der Waals surface area contributed by atoms with Gasteiger partial charge in [-0.05, 0) is 24.5 Å². The highest BCUT2D eigenvalue weighted by atomic mass is 32.2. The van der Waals surface area contributed by atoms with Crippen LogP contribution in [0.5, 0.6) is 0 Å². The SMILES string of the molecule is Fc1cc(F)c(N2SN(CCN3CC4CC45NCC35)c3ccccc32)c(F)c1. The van der Waals surface area contributed by atoms with Crippen LogP contribution in [0.25, 0.3) is 0 Å². The number of likely N-dealkylation sites (tertiary alicyclic amines) is 1. The summed E-state index contributed by atoms with van der Waals surface area (Å²) in [6.45, 7) is 3.84. The molecule has 3 atom stereocenters. The molecule has 0 aromatic heterocycles. The molecule has 2 saturated heterocycles. The van der Waals surface area contributed by atoms with Crippen LogP contribution < -0.4 is 13.9 Å². The van der Waals surface area contributed by atoms with E-state index >= 15 is 0 Å². The molecule has 1 aliphatic carbocycles. The average molecular weight is 404 g/mol. The molecule has 0 radical (unpaired) electrons. The smallest absolute Gasteiger partial charge is 0.153 e. The predicted octanol–water partition coefficient (Wildman–Crippen LogP) is 3.67. The minimum atomic E-state index is -0.913. The molecule has 3 heterocycles. The van der Waals surface area contributed by atoms with Gasteiger partial charge < -0.3 is 5.32 Å². The number of anilines is 3. The topological polar surface area (TPSA) is 21.8 Å². The van der Waals surface area contributed by atoms with Gasteiger partial charge in [-0.3, -0.25) is 13.5 Å². The van der Waals surface area contributed by atoms with Crippen molar-refractivity contribution in [2.75, 3.05) is 34.8 Å². The maximum Gasteiger partial charge on any atom is 0.153 e. The number of rotatable bonds is 4. The Hall–Kier alpha value is -1.90. The maximum absolute atomic E-state index is 14.4. The van der Waals surface area contributed by atoms with Crippen LogP contribution in [0.2, 0.25) is 0 Å². The fourth-order valence-corrected chi connectivity index (χ4v) is 6.17. The van der Waals surface area contributed by atoms with Crippen molar-refractivity contribution in [3.63, 3.8) is 0 Å². The highest BCUT2D eigenvalue weighted by Crippen LogP contribution is 2.57. The molecule has 6 rings (SSSR count). The Kier molecular flexibility index (Phi) is 3.53. The number of nitrogens with one attached hydrogen (secondary N) is 1. The van der Waals surface area contributed by atoms with E-state index < -0.39 is 17.5 Å². The lowest BCUT2D eigenvalue weighted by Gasteiger charge is -2.42. The quantitative estimate of drug-likeness (QED) is 0.783. The first-order valence-electron chi connectivity index (χ1n) is 9.55. The average Bonchev–Trinajstić information content (AvgIpc) is 3.22. The van der Waals surface area contributed by atoms with E-state index in [0.717, 1.165) is 49.9 Å². The monoisotopic (exact) mass is 404 g/mol. The van der Waals surface area contributed by atoms with E-state index in [2.05, 4.69) is 14.5 Å². The number of benzene rings is 2. The first-order valence-corrected chi connectivity index (χ1v) is 10.3. The van der Waals surface area contributed by atoms with Crippen LogP contribution in [-0.4, -0.2) is 42.7 Å². The van der Waals surface area contributed by atoms with Crippen molar-refractivity contribution in [3.8, 4) is 0 Å². The Labute approximate surface area is 165 Å². The zero-order chi connectivity index (χ0) is 19.0. The number of halogens is 3. The van der Waals surface area contributed by atoms with Crippen LogP contribution in [0.15, 0.2) is 36.4 Å². The number of hydrogen-bond donors (Lipinski definition) is 1. The van der Waals surface area contributed by atoms with Crippen LogP contribution in [0, 0.1) is 23.4 Å². The standard InChI is InChI=1S/C20H19F3N4S/c21-13-7-14(22)19(15(23)8-13)27-17-4-2-1-3-16(17)26(28-27)6-5-25-11-12-9-20(12)18(25)10-24-20/h1-4,7-8,12,18,24H,5-6,9-11H2. The van der Waals surface area contributed by atoms with E-state index in [1.54, 1.807) is 0 Å². The molecule has 4 nitrogen and oxygen atoms in total. The molecular weight excluding hydrogens is 385 g/mol. The van der Waals surface area contributed by atoms with E-state index in [1.807, 2.05) is 24.3 Å². The van der Waals surface area contributed by atoms with Gasteiger partial charge in [-0.1, -0.05) is 12.1 Å². The minimum Gasteiger partial charge on any atom is -0.308 e. The fourth-order valence-electron chi connectivity index (χ4n) is 5.07. The second-order valence-electron chi connectivity index (χ2n) is 8.02. The largest absolute Gasteiger partial charge is 0.308 e. The Morgan fingerprint density at radius 1 is 1.07 bits per heavy atom. The van der Waals surface area contributed by atoms with Crippen molar-refractivity contribution in [2.45, 2.75) is 18.0 Å². The molecule has 3 unspecified atom stereocenters. The molecule has 2 aromatic carbocycles. The lowest BCUT2D eigenvalue weighted by atomic mass is 9.97. The van der Waals surface area contributed by atoms with Crippen molar-refractivity contribution in [3.05, 3.63) is 53.8 Å². The van der Waals surface area contributed by atoms with Gasteiger partial charge in [-0.25, -0.2) is 13.2 Å². The Morgan fingerprint density at radius 3 is 2.50 bits per heavy atom. The summed E-state index contributed by atoms with van der Waals surface area (Å²) in [5, 5.41) is 3.59. The van der Waals surface area contributed by atoms with Gasteiger partial charge in [0.1, 0.15) is 11.5 Å². The lowest BCUT2D eigenvalue weighted by molar-refractivity contribution is 0.136. The maximum atomic E-state index is 14.4. The van der Waals surface area contributed by atoms with Gasteiger partial charge in [0.15, 0.2) is 11.6 Å². The second-order valence-corrected chi connectivity index (χ2v) is 8.99. The highest BCUT2D eigenvalue weighted by Gasteiger charge is 2.70. The van der Waals surface area contributed by atoms with Gasteiger partial charge >= 0.3 is 0 Å². The molecule has 8 heteroatoms. The Morgan fingerprint density at radius 2 is 1.82 bits per heavy atom. The van der Waals surface area contributed by atoms with Crippen LogP contribution in [0.4, 0.5) is 30.2 Å². The summed E-state index contributed by atoms with van der Waals surface area (Å²) >= 11 is 1.26. The number of hydrogen-bond acceptors (Lipinski definition) is 5. The first kappa shape index (κ1) is 17.0. The minimum absolute atomic E-state index is 0.231. The molecule has 0 amide bonds. The van der Waals surface area contributed by atoms with E-state index in [-0.39, 0.29) is 5.69 Å². The van der Waals surface area contributed by atoms with Gasteiger partial charge in [-0.15, -0.1) is 0 Å². The Bertz CT molecular complexity index is 945. The molecular formula is C20H19F3N4S. The third-order valence-electron chi connectivity index (χ3n) is 6.59. The van der Waals surface area contributed by atoms with Crippen molar-refractivity contribution in [1.29, 1.82) is 0 Å².